The van der Waals surface area contributed by atoms with Crippen LogP contribution in [-0.4, -0.2) is 11.8 Å². The van der Waals surface area contributed by atoms with E-state index in [1.165, 1.54) is 24.3 Å². The molecule has 1 N–H and O–H groups in total. The molecular formula is C28H28F2N2O2. The minimum atomic E-state index is -0.326. The highest BCUT2D eigenvalue weighted by atomic mass is 19.1. The van der Waals surface area contributed by atoms with Gasteiger partial charge in [0, 0.05) is 18.2 Å². The molecule has 0 spiro atoms. The van der Waals surface area contributed by atoms with E-state index in [-0.39, 0.29) is 35.8 Å². The molecule has 1 aliphatic rings. The minimum absolute atomic E-state index is 0.00882. The number of amides is 2. The second-order valence-corrected chi connectivity index (χ2v) is 8.78. The lowest BCUT2D eigenvalue weighted by Gasteiger charge is -2.26. The topological polar surface area (TPSA) is 49.4 Å². The van der Waals surface area contributed by atoms with Crippen molar-refractivity contribution in [2.24, 2.45) is 5.92 Å². The van der Waals surface area contributed by atoms with Crippen molar-refractivity contribution in [1.82, 2.24) is 5.32 Å². The molecule has 0 aromatic heterocycles. The van der Waals surface area contributed by atoms with Crippen molar-refractivity contribution in [2.45, 2.75) is 45.2 Å². The van der Waals surface area contributed by atoms with Crippen molar-refractivity contribution >= 4 is 17.5 Å². The van der Waals surface area contributed by atoms with Gasteiger partial charge in [-0.25, -0.2) is 8.78 Å². The van der Waals surface area contributed by atoms with Crippen molar-refractivity contribution in [2.75, 3.05) is 4.90 Å². The highest BCUT2D eigenvalue weighted by Crippen LogP contribution is 2.30. The van der Waals surface area contributed by atoms with Crippen LogP contribution < -0.4 is 10.2 Å². The molecular weight excluding hydrogens is 434 g/mol. The van der Waals surface area contributed by atoms with Crippen molar-refractivity contribution in [1.29, 1.82) is 0 Å². The lowest BCUT2D eigenvalue weighted by Crippen LogP contribution is -2.35. The predicted molar refractivity (Wildman–Crippen MR) is 128 cm³/mol. The highest BCUT2D eigenvalue weighted by molar-refractivity contribution is 5.95. The Hall–Kier alpha value is -3.54. The number of nitrogens with one attached hydrogen (secondary N) is 1. The smallest absolute Gasteiger partial charge is 0.230 e. The third kappa shape index (κ3) is 6.28. The quantitative estimate of drug-likeness (QED) is 0.477. The maximum absolute atomic E-state index is 13.7. The van der Waals surface area contributed by atoms with Gasteiger partial charge >= 0.3 is 0 Å². The van der Waals surface area contributed by atoms with Crippen LogP contribution in [-0.2, 0) is 29.1 Å². The Bertz CT molecular complexity index is 1120. The minimum Gasteiger partial charge on any atom is -0.352 e. The molecule has 3 aromatic carbocycles. The lowest BCUT2D eigenvalue weighted by atomic mass is 10.0. The Morgan fingerprint density at radius 2 is 1.50 bits per heavy atom. The fourth-order valence-electron chi connectivity index (χ4n) is 4.35. The van der Waals surface area contributed by atoms with Crippen LogP contribution in [0.5, 0.6) is 0 Å². The average molecular weight is 463 g/mol. The van der Waals surface area contributed by atoms with Crippen LogP contribution in [0.2, 0.25) is 0 Å². The van der Waals surface area contributed by atoms with Crippen molar-refractivity contribution in [3.8, 4) is 0 Å². The predicted octanol–water partition coefficient (Wildman–Crippen LogP) is 5.55. The Labute approximate surface area is 198 Å². The Kier molecular flexibility index (Phi) is 7.68. The molecule has 0 radical (unpaired) electrons. The third-order valence-corrected chi connectivity index (χ3v) is 6.22. The van der Waals surface area contributed by atoms with Gasteiger partial charge in [-0.3, -0.25) is 9.59 Å². The molecule has 6 heteroatoms. The van der Waals surface area contributed by atoms with Crippen LogP contribution in [0.15, 0.2) is 72.8 Å². The number of halogens is 2. The number of carbonyl (C=O) groups is 2. The Balaban J connectivity index is 1.42. The molecule has 1 fully saturated rings. The number of rotatable bonds is 8. The number of carbonyl (C=O) groups excluding carboxylic acids is 2. The van der Waals surface area contributed by atoms with E-state index in [0.717, 1.165) is 48.1 Å². The fraction of sp³-hybridized carbons (Fsp3) is 0.286. The van der Waals surface area contributed by atoms with E-state index in [1.807, 2.05) is 30.3 Å². The number of hydrogen-bond acceptors (Lipinski definition) is 2. The number of benzene rings is 3. The van der Waals surface area contributed by atoms with Crippen molar-refractivity contribution in [3.63, 3.8) is 0 Å². The lowest BCUT2D eigenvalue weighted by molar-refractivity contribution is -0.122. The third-order valence-electron chi connectivity index (χ3n) is 6.22. The summed E-state index contributed by atoms with van der Waals surface area (Å²) in [5, 5.41) is 2.84. The first-order valence-corrected chi connectivity index (χ1v) is 11.6. The van der Waals surface area contributed by atoms with E-state index in [1.54, 1.807) is 23.1 Å². The zero-order chi connectivity index (χ0) is 23.9. The standard InChI is InChI=1S/C28H28F2N2O2/c29-24-12-8-21(9-13-24)18-31-27(33)17-20-10-14-26(15-11-20)32(28(34)23-5-1-2-6-23)19-22-4-3-7-25(30)16-22/h3-4,7-16,23H,1-2,5-6,17-19H2,(H,31,33). The van der Waals surface area contributed by atoms with Crippen molar-refractivity contribution < 1.29 is 18.4 Å². The van der Waals surface area contributed by atoms with E-state index in [0.29, 0.717) is 13.1 Å². The molecule has 0 unspecified atom stereocenters. The SMILES string of the molecule is O=C(Cc1ccc(N(Cc2cccc(F)c2)C(=O)C2CCCC2)cc1)NCc1ccc(F)cc1. The Morgan fingerprint density at radius 1 is 0.824 bits per heavy atom. The molecule has 0 bridgehead atoms. The summed E-state index contributed by atoms with van der Waals surface area (Å²) in [7, 11) is 0. The number of nitrogens with zero attached hydrogens (tertiary/aromatic N) is 1. The molecule has 0 heterocycles. The van der Waals surface area contributed by atoms with E-state index >= 15 is 0 Å². The van der Waals surface area contributed by atoms with Gasteiger partial charge < -0.3 is 10.2 Å². The molecule has 1 aliphatic carbocycles. The van der Waals surface area contributed by atoms with E-state index in [4.69, 9.17) is 0 Å². The summed E-state index contributed by atoms with van der Waals surface area (Å²) in [5.41, 5.74) is 3.11. The van der Waals surface area contributed by atoms with Gasteiger partial charge in [0.1, 0.15) is 11.6 Å². The molecule has 1 saturated carbocycles. The number of hydrogen-bond donors (Lipinski definition) is 1. The molecule has 0 saturated heterocycles. The monoisotopic (exact) mass is 462 g/mol. The first-order chi connectivity index (χ1) is 16.5. The molecule has 176 valence electrons. The molecule has 0 aliphatic heterocycles. The van der Waals surface area contributed by atoms with Gasteiger partial charge in [-0.15, -0.1) is 0 Å². The summed E-state index contributed by atoms with van der Waals surface area (Å²) < 4.78 is 26.7. The summed E-state index contributed by atoms with van der Waals surface area (Å²) >= 11 is 0. The van der Waals surface area contributed by atoms with E-state index in [9.17, 15) is 18.4 Å². The summed E-state index contributed by atoms with van der Waals surface area (Å²) in [6, 6.07) is 19.7. The van der Waals surface area contributed by atoms with Crippen LogP contribution >= 0.6 is 0 Å². The van der Waals surface area contributed by atoms with Gasteiger partial charge in [0.2, 0.25) is 11.8 Å². The van der Waals surface area contributed by atoms with Gasteiger partial charge in [-0.05, 0) is 65.9 Å². The maximum Gasteiger partial charge on any atom is 0.230 e. The largest absolute Gasteiger partial charge is 0.352 e. The van der Waals surface area contributed by atoms with Gasteiger partial charge in [0.25, 0.3) is 0 Å². The van der Waals surface area contributed by atoms with Crippen LogP contribution in [0.25, 0.3) is 0 Å². The van der Waals surface area contributed by atoms with Crippen LogP contribution in [0.1, 0.15) is 42.4 Å². The van der Waals surface area contributed by atoms with E-state index in [2.05, 4.69) is 5.32 Å². The number of anilines is 1. The van der Waals surface area contributed by atoms with Gasteiger partial charge in [0.05, 0.1) is 13.0 Å². The van der Waals surface area contributed by atoms with Crippen LogP contribution in [0.3, 0.4) is 0 Å². The molecule has 0 atom stereocenters. The summed E-state index contributed by atoms with van der Waals surface area (Å²) in [4.78, 5) is 27.4. The zero-order valence-electron chi connectivity index (χ0n) is 19.0. The van der Waals surface area contributed by atoms with Gasteiger partial charge in [0.15, 0.2) is 0 Å². The molecule has 3 aromatic rings. The second kappa shape index (κ2) is 11.1. The zero-order valence-corrected chi connectivity index (χ0v) is 19.0. The van der Waals surface area contributed by atoms with Crippen LogP contribution in [0.4, 0.5) is 14.5 Å². The average Bonchev–Trinajstić information content (AvgIpc) is 3.38. The second-order valence-electron chi connectivity index (χ2n) is 8.78. The van der Waals surface area contributed by atoms with Crippen LogP contribution in [0, 0.1) is 17.6 Å². The van der Waals surface area contributed by atoms with Gasteiger partial charge in [-0.1, -0.05) is 49.2 Å². The van der Waals surface area contributed by atoms with E-state index < -0.39 is 0 Å². The van der Waals surface area contributed by atoms with Gasteiger partial charge in [-0.2, -0.15) is 0 Å². The first kappa shape index (κ1) is 23.6. The molecule has 2 amide bonds. The summed E-state index contributed by atoms with van der Waals surface area (Å²) in [6.07, 6.45) is 4.06. The first-order valence-electron chi connectivity index (χ1n) is 11.6. The normalized spacial score (nSPS) is 13.6. The fourth-order valence-corrected chi connectivity index (χ4v) is 4.35. The summed E-state index contributed by atoms with van der Waals surface area (Å²) in [5.74, 6) is -0.728. The summed E-state index contributed by atoms with van der Waals surface area (Å²) in [6.45, 7) is 0.624. The van der Waals surface area contributed by atoms with Crippen molar-refractivity contribution in [3.05, 3.63) is 101 Å². The molecule has 4 nitrogen and oxygen atoms in total. The maximum atomic E-state index is 13.7. The highest BCUT2D eigenvalue weighted by Gasteiger charge is 2.28. The Morgan fingerprint density at radius 3 is 2.18 bits per heavy atom. The molecule has 4 rings (SSSR count). The molecule has 34 heavy (non-hydrogen) atoms.